The van der Waals surface area contributed by atoms with Crippen molar-refractivity contribution in [3.05, 3.63) is 23.2 Å². The van der Waals surface area contributed by atoms with Crippen LogP contribution in [0.4, 0.5) is 11.4 Å². The van der Waals surface area contributed by atoms with E-state index in [9.17, 15) is 4.79 Å². The van der Waals surface area contributed by atoms with Crippen LogP contribution in [0.5, 0.6) is 0 Å². The van der Waals surface area contributed by atoms with Gasteiger partial charge in [0.25, 0.3) is 0 Å². The summed E-state index contributed by atoms with van der Waals surface area (Å²) in [4.78, 5) is 12.1. The molecule has 4 nitrogen and oxygen atoms in total. The zero-order valence-electron chi connectivity index (χ0n) is 12.5. The number of carbonyl (C=O) groups is 1. The van der Waals surface area contributed by atoms with E-state index < -0.39 is 0 Å². The third kappa shape index (κ3) is 5.21. The Morgan fingerprint density at radius 3 is 3.00 bits per heavy atom. The van der Waals surface area contributed by atoms with Crippen LogP contribution in [0.25, 0.3) is 0 Å². The molecule has 2 rings (SSSR count). The summed E-state index contributed by atoms with van der Waals surface area (Å²) >= 11 is 6.02. The molecule has 0 unspecified atom stereocenters. The van der Waals surface area contributed by atoms with Crippen LogP contribution in [0.3, 0.4) is 0 Å². The summed E-state index contributed by atoms with van der Waals surface area (Å²) in [5.41, 5.74) is 1.65. The Bertz CT molecular complexity index is 473. The van der Waals surface area contributed by atoms with Crippen molar-refractivity contribution in [2.75, 3.05) is 23.8 Å². The van der Waals surface area contributed by atoms with Crippen molar-refractivity contribution in [3.8, 4) is 0 Å². The Morgan fingerprint density at radius 1 is 1.43 bits per heavy atom. The molecule has 2 N–H and O–H groups in total. The van der Waals surface area contributed by atoms with Crippen LogP contribution in [0, 0.1) is 0 Å². The summed E-state index contributed by atoms with van der Waals surface area (Å²) < 4.78 is 5.54. The zero-order valence-corrected chi connectivity index (χ0v) is 13.2. The van der Waals surface area contributed by atoms with E-state index in [1.807, 2.05) is 12.1 Å². The molecule has 0 radical (unpaired) electrons. The molecule has 1 aromatic rings. The predicted octanol–water partition coefficient (Wildman–Crippen LogP) is 4.06. The fraction of sp³-hybridized carbons (Fsp3) is 0.562. The highest BCUT2D eigenvalue weighted by atomic mass is 35.5. The molecule has 1 saturated heterocycles. The first-order valence-corrected chi connectivity index (χ1v) is 8.01. The van der Waals surface area contributed by atoms with Crippen LogP contribution in [0.15, 0.2) is 18.2 Å². The van der Waals surface area contributed by atoms with Gasteiger partial charge in [-0.05, 0) is 43.9 Å². The topological polar surface area (TPSA) is 50.4 Å². The van der Waals surface area contributed by atoms with Gasteiger partial charge in [-0.1, -0.05) is 18.5 Å². The molecule has 1 amide bonds. The number of ether oxygens (including phenoxy) is 1. The molecule has 1 atom stereocenters. The van der Waals surface area contributed by atoms with E-state index >= 15 is 0 Å². The summed E-state index contributed by atoms with van der Waals surface area (Å²) in [5, 5.41) is 6.85. The van der Waals surface area contributed by atoms with Crippen molar-refractivity contribution in [1.29, 1.82) is 0 Å². The van der Waals surface area contributed by atoms with Gasteiger partial charge in [-0.3, -0.25) is 4.79 Å². The summed E-state index contributed by atoms with van der Waals surface area (Å²) in [7, 11) is 0. The van der Waals surface area contributed by atoms with E-state index in [1.54, 1.807) is 6.07 Å². The number of hydrogen-bond donors (Lipinski definition) is 2. The van der Waals surface area contributed by atoms with Crippen molar-refractivity contribution < 1.29 is 9.53 Å². The minimum absolute atomic E-state index is 0.00677. The monoisotopic (exact) mass is 310 g/mol. The first-order valence-electron chi connectivity index (χ1n) is 7.64. The first kappa shape index (κ1) is 16.1. The maximum atomic E-state index is 12.1. The molecule has 0 saturated carbocycles. The molecular formula is C16H23ClN2O2. The van der Waals surface area contributed by atoms with Gasteiger partial charge in [-0.2, -0.15) is 0 Å². The van der Waals surface area contributed by atoms with E-state index in [4.69, 9.17) is 16.3 Å². The largest absolute Gasteiger partial charge is 0.383 e. The number of carbonyl (C=O) groups excluding carboxylic acids is 1. The third-order valence-electron chi connectivity index (χ3n) is 3.54. The van der Waals surface area contributed by atoms with E-state index in [1.165, 1.54) is 0 Å². The quantitative estimate of drug-likeness (QED) is 0.798. The number of halogens is 1. The van der Waals surface area contributed by atoms with E-state index in [2.05, 4.69) is 17.6 Å². The Labute approximate surface area is 131 Å². The zero-order chi connectivity index (χ0) is 15.1. The highest BCUT2D eigenvalue weighted by Crippen LogP contribution is 2.26. The maximum absolute atomic E-state index is 12.1. The van der Waals surface area contributed by atoms with Crippen molar-refractivity contribution in [2.24, 2.45) is 0 Å². The number of anilines is 2. The van der Waals surface area contributed by atoms with Crippen LogP contribution in [0.2, 0.25) is 5.02 Å². The molecule has 1 aromatic carbocycles. The summed E-state index contributed by atoms with van der Waals surface area (Å²) in [6, 6.07) is 5.50. The molecule has 116 valence electrons. The Balaban J connectivity index is 1.90. The van der Waals surface area contributed by atoms with Gasteiger partial charge in [0.2, 0.25) is 5.91 Å². The number of amides is 1. The molecular weight excluding hydrogens is 288 g/mol. The summed E-state index contributed by atoms with van der Waals surface area (Å²) in [6.45, 7) is 3.79. The first-order chi connectivity index (χ1) is 10.2. The lowest BCUT2D eigenvalue weighted by Crippen LogP contribution is -2.16. The lowest BCUT2D eigenvalue weighted by molar-refractivity contribution is -0.116. The summed E-state index contributed by atoms with van der Waals surface area (Å²) in [5.74, 6) is 0.00677. The molecule has 21 heavy (non-hydrogen) atoms. The van der Waals surface area contributed by atoms with Crippen LogP contribution in [0.1, 0.15) is 39.0 Å². The fourth-order valence-corrected chi connectivity index (χ4v) is 2.58. The van der Waals surface area contributed by atoms with Crippen molar-refractivity contribution in [3.63, 3.8) is 0 Å². The molecule has 1 aliphatic heterocycles. The molecule has 0 aliphatic carbocycles. The molecule has 1 aliphatic rings. The molecule has 0 aromatic heterocycles. The number of hydrogen-bond acceptors (Lipinski definition) is 3. The van der Waals surface area contributed by atoms with Crippen LogP contribution in [-0.4, -0.2) is 25.2 Å². The van der Waals surface area contributed by atoms with E-state index in [0.29, 0.717) is 11.4 Å². The second kappa shape index (κ2) is 8.25. The predicted molar refractivity (Wildman–Crippen MR) is 87.1 cm³/mol. The molecule has 5 heteroatoms. The van der Waals surface area contributed by atoms with Gasteiger partial charge in [-0.25, -0.2) is 0 Å². The van der Waals surface area contributed by atoms with Crippen LogP contribution < -0.4 is 10.6 Å². The molecule has 1 fully saturated rings. The van der Waals surface area contributed by atoms with Crippen molar-refractivity contribution in [2.45, 2.75) is 45.1 Å². The van der Waals surface area contributed by atoms with Gasteiger partial charge < -0.3 is 15.4 Å². The van der Waals surface area contributed by atoms with Crippen molar-refractivity contribution in [1.82, 2.24) is 0 Å². The smallest absolute Gasteiger partial charge is 0.224 e. The Hall–Kier alpha value is -1.26. The number of nitrogens with one attached hydrogen (secondary N) is 2. The SMILES string of the molecule is CCCNc1ccc(Cl)cc1NC(=O)CC[C@H]1CCCO1. The minimum Gasteiger partial charge on any atom is -0.383 e. The number of rotatable bonds is 7. The van der Waals surface area contributed by atoms with Crippen LogP contribution in [-0.2, 0) is 9.53 Å². The van der Waals surface area contributed by atoms with Crippen LogP contribution >= 0.6 is 11.6 Å². The second-order valence-corrected chi connectivity index (χ2v) is 5.77. The normalized spacial score (nSPS) is 17.7. The minimum atomic E-state index is 0.00677. The maximum Gasteiger partial charge on any atom is 0.224 e. The van der Waals surface area contributed by atoms with E-state index in [-0.39, 0.29) is 12.0 Å². The Kier molecular flexibility index (Phi) is 6.33. The highest BCUT2D eigenvalue weighted by Gasteiger charge is 2.17. The molecule has 0 spiro atoms. The number of benzene rings is 1. The van der Waals surface area contributed by atoms with Gasteiger partial charge in [0.1, 0.15) is 0 Å². The highest BCUT2D eigenvalue weighted by molar-refractivity contribution is 6.31. The van der Waals surface area contributed by atoms with Gasteiger partial charge >= 0.3 is 0 Å². The lowest BCUT2D eigenvalue weighted by Gasteiger charge is -2.14. The lowest BCUT2D eigenvalue weighted by atomic mass is 10.1. The third-order valence-corrected chi connectivity index (χ3v) is 3.77. The average molecular weight is 311 g/mol. The fourth-order valence-electron chi connectivity index (χ4n) is 2.41. The second-order valence-electron chi connectivity index (χ2n) is 5.34. The molecule has 0 bridgehead atoms. The van der Waals surface area contributed by atoms with Gasteiger partial charge in [0.15, 0.2) is 0 Å². The average Bonchev–Trinajstić information content (AvgIpc) is 2.98. The summed E-state index contributed by atoms with van der Waals surface area (Å²) in [6.07, 6.45) is 4.69. The van der Waals surface area contributed by atoms with Crippen molar-refractivity contribution >= 4 is 28.9 Å². The van der Waals surface area contributed by atoms with E-state index in [0.717, 1.165) is 50.2 Å². The molecule has 1 heterocycles. The van der Waals surface area contributed by atoms with Gasteiger partial charge in [0.05, 0.1) is 17.5 Å². The van der Waals surface area contributed by atoms with Gasteiger partial charge in [0, 0.05) is 24.6 Å². The van der Waals surface area contributed by atoms with Gasteiger partial charge in [-0.15, -0.1) is 0 Å². The Morgan fingerprint density at radius 2 is 2.29 bits per heavy atom. The standard InChI is InChI=1S/C16H23ClN2O2/c1-2-9-18-14-7-5-12(17)11-15(14)19-16(20)8-6-13-4-3-10-21-13/h5,7,11,13,18H,2-4,6,8-10H2,1H3,(H,19,20)/t13-/m1/s1.